The van der Waals surface area contributed by atoms with Crippen LogP contribution in [0.4, 0.5) is 0 Å². The van der Waals surface area contributed by atoms with Gasteiger partial charge in [-0.15, -0.1) is 6.58 Å². The van der Waals surface area contributed by atoms with Gasteiger partial charge in [0.2, 0.25) is 0 Å². The zero-order chi connectivity index (χ0) is 11.7. The Hall–Kier alpha value is -0.440. The number of halogens is 2. The molecule has 0 aliphatic rings. The van der Waals surface area contributed by atoms with Gasteiger partial charge in [-0.2, -0.15) is 0 Å². The lowest BCUT2D eigenvalue weighted by molar-refractivity contribution is -0.298. The van der Waals surface area contributed by atoms with Crippen LogP contribution in [0, 0.1) is 12.0 Å². The maximum absolute atomic E-state index is 8.40. The molecule has 0 aliphatic carbocycles. The van der Waals surface area contributed by atoms with Crippen LogP contribution in [0.5, 0.6) is 0 Å². The van der Waals surface area contributed by atoms with Crippen molar-refractivity contribution in [2.45, 2.75) is 17.9 Å². The van der Waals surface area contributed by atoms with Crippen molar-refractivity contribution in [1.29, 1.82) is 0 Å². The van der Waals surface area contributed by atoms with Crippen LogP contribution in [0.15, 0.2) is 12.7 Å². The van der Waals surface area contributed by atoms with Gasteiger partial charge in [0, 0.05) is 0 Å². The Morgan fingerprint density at radius 1 is 1.67 bits per heavy atom. The maximum atomic E-state index is 8.40. The first kappa shape index (κ1) is 14.6. The summed E-state index contributed by atoms with van der Waals surface area (Å²) in [5.41, 5.74) is -2.61. The fourth-order valence-electron chi connectivity index (χ4n) is 0.569. The Labute approximate surface area is 98.7 Å². The van der Waals surface area contributed by atoms with E-state index in [0.717, 1.165) is 0 Å². The molecule has 86 valence electrons. The van der Waals surface area contributed by atoms with Crippen LogP contribution in [-0.4, -0.2) is 29.3 Å². The predicted molar refractivity (Wildman–Crippen MR) is 57.1 cm³/mol. The van der Waals surface area contributed by atoms with Gasteiger partial charge in [-0.1, -0.05) is 17.7 Å². The summed E-state index contributed by atoms with van der Waals surface area (Å²) in [6, 6.07) is 0. The zero-order valence-corrected chi connectivity index (χ0v) is 9.72. The molecule has 0 aromatic rings. The first-order valence-electron chi connectivity index (χ1n) is 4.06. The van der Waals surface area contributed by atoms with E-state index in [2.05, 4.69) is 18.6 Å². The molecule has 1 N–H and O–H groups in total. The van der Waals surface area contributed by atoms with Crippen molar-refractivity contribution in [2.24, 2.45) is 0 Å². The molecule has 0 heterocycles. The fourth-order valence-corrected chi connectivity index (χ4v) is 0.967. The first-order chi connectivity index (χ1) is 7.04. The van der Waals surface area contributed by atoms with Crippen molar-refractivity contribution < 1.29 is 19.3 Å². The first-order valence-corrected chi connectivity index (χ1v) is 4.88. The Balaban J connectivity index is 4.31. The summed E-state index contributed by atoms with van der Waals surface area (Å²) in [5, 5.41) is 8.40. The van der Waals surface area contributed by atoms with Gasteiger partial charge in [0.15, 0.2) is 0 Å². The molecular weight excluding hydrogens is 243 g/mol. The molecule has 2 unspecified atom stereocenters. The molecule has 0 saturated heterocycles. The van der Waals surface area contributed by atoms with Gasteiger partial charge >= 0.3 is 5.43 Å². The summed E-state index contributed by atoms with van der Waals surface area (Å²) in [6.07, 6.45) is 3.58. The molecular formula is C9H12Cl2O4. The van der Waals surface area contributed by atoms with Crippen molar-refractivity contribution in [1.82, 2.24) is 0 Å². The molecule has 15 heavy (non-hydrogen) atoms. The quantitative estimate of drug-likeness (QED) is 0.339. The van der Waals surface area contributed by atoms with Gasteiger partial charge in [0.05, 0.1) is 6.61 Å². The van der Waals surface area contributed by atoms with Crippen molar-refractivity contribution in [2.75, 3.05) is 13.2 Å². The molecule has 0 aliphatic heterocycles. The van der Waals surface area contributed by atoms with Gasteiger partial charge in [0.25, 0.3) is 0 Å². The summed E-state index contributed by atoms with van der Waals surface area (Å²) in [7, 11) is 0. The van der Waals surface area contributed by atoms with E-state index >= 15 is 0 Å². The Kier molecular flexibility index (Phi) is 7.57. The highest BCUT2D eigenvalue weighted by Gasteiger charge is 2.33. The highest BCUT2D eigenvalue weighted by Crippen LogP contribution is 2.23. The number of aliphatic hydroxyl groups excluding tert-OH is 1. The van der Waals surface area contributed by atoms with Crippen molar-refractivity contribution in [3.63, 3.8) is 0 Å². The summed E-state index contributed by atoms with van der Waals surface area (Å²) in [5.74, 6) is 2.22. The van der Waals surface area contributed by atoms with Crippen LogP contribution in [0.25, 0.3) is 0 Å². The lowest BCUT2D eigenvalue weighted by Crippen LogP contribution is -2.33. The predicted octanol–water partition coefficient (Wildman–Crippen LogP) is 1.61. The number of alkyl halides is 2. The minimum Gasteiger partial charge on any atom is -0.384 e. The van der Waals surface area contributed by atoms with Crippen molar-refractivity contribution >= 4 is 23.2 Å². The molecule has 6 heteroatoms. The fraction of sp³-hybridized carbons (Fsp3) is 0.556. The van der Waals surface area contributed by atoms with Crippen molar-refractivity contribution in [3.8, 4) is 12.0 Å². The van der Waals surface area contributed by atoms with Crippen LogP contribution >= 0.6 is 23.2 Å². The zero-order valence-electron chi connectivity index (χ0n) is 8.20. The third kappa shape index (κ3) is 7.48. The van der Waals surface area contributed by atoms with Crippen molar-refractivity contribution in [3.05, 3.63) is 12.7 Å². The van der Waals surface area contributed by atoms with Gasteiger partial charge in [0.1, 0.15) is 18.3 Å². The molecule has 4 nitrogen and oxygen atoms in total. The third-order valence-corrected chi connectivity index (χ3v) is 1.37. The van der Waals surface area contributed by atoms with E-state index in [1.807, 2.05) is 0 Å². The Bertz CT molecular complexity index is 246. The highest BCUT2D eigenvalue weighted by molar-refractivity contribution is 6.22. The molecule has 0 fully saturated rings. The number of hydrogen-bond acceptors (Lipinski definition) is 4. The number of ether oxygens (including phenoxy) is 3. The van der Waals surface area contributed by atoms with Crippen LogP contribution in [0.3, 0.4) is 0 Å². The van der Waals surface area contributed by atoms with E-state index in [9.17, 15) is 0 Å². The number of aliphatic hydroxyl groups is 1. The largest absolute Gasteiger partial charge is 0.425 e. The summed E-state index contributed by atoms with van der Waals surface area (Å²) in [6.45, 7) is 4.72. The van der Waals surface area contributed by atoms with E-state index in [-0.39, 0.29) is 13.2 Å². The molecule has 0 amide bonds. The lowest BCUT2D eigenvalue weighted by atomic mass is 10.7. The summed E-state index contributed by atoms with van der Waals surface area (Å²) in [4.78, 5) is 0. The minimum absolute atomic E-state index is 0.105. The molecule has 0 bridgehead atoms. The Morgan fingerprint density at radius 2 is 2.33 bits per heavy atom. The smallest absolute Gasteiger partial charge is 0.384 e. The second kappa shape index (κ2) is 7.80. The molecule has 0 spiro atoms. The Morgan fingerprint density at radius 3 is 2.80 bits per heavy atom. The monoisotopic (exact) mass is 254 g/mol. The van der Waals surface area contributed by atoms with Gasteiger partial charge in [-0.25, -0.2) is 0 Å². The van der Waals surface area contributed by atoms with Crippen LogP contribution in [0.1, 0.15) is 6.92 Å². The average molecular weight is 255 g/mol. The van der Waals surface area contributed by atoms with Crippen LogP contribution in [0.2, 0.25) is 0 Å². The number of hydrogen-bond donors (Lipinski definition) is 1. The topological polar surface area (TPSA) is 47.9 Å². The van der Waals surface area contributed by atoms with Gasteiger partial charge < -0.3 is 9.84 Å². The third-order valence-electron chi connectivity index (χ3n) is 1.00. The number of rotatable bonds is 6. The summed E-state index contributed by atoms with van der Waals surface area (Å²) >= 11 is 11.3. The van der Waals surface area contributed by atoms with E-state index in [1.54, 1.807) is 6.92 Å². The molecule has 0 rings (SSSR count). The molecule has 0 aromatic carbocycles. The summed E-state index contributed by atoms with van der Waals surface area (Å²) < 4.78 is 14.7. The van der Waals surface area contributed by atoms with E-state index in [0.29, 0.717) is 0 Å². The van der Waals surface area contributed by atoms with Crippen LogP contribution < -0.4 is 0 Å². The average Bonchev–Trinajstić information content (AvgIpc) is 2.14. The molecule has 0 aromatic heterocycles. The van der Waals surface area contributed by atoms with E-state index < -0.39 is 11.0 Å². The minimum atomic E-state index is -1.89. The lowest BCUT2D eigenvalue weighted by Gasteiger charge is -2.24. The van der Waals surface area contributed by atoms with Gasteiger partial charge in [-0.3, -0.25) is 9.47 Å². The van der Waals surface area contributed by atoms with Crippen LogP contribution in [-0.2, 0) is 14.2 Å². The van der Waals surface area contributed by atoms with Gasteiger partial charge in [-0.05, 0) is 24.4 Å². The molecule has 0 radical (unpaired) electrons. The molecule has 0 saturated carbocycles. The standard InChI is InChI=1S/C9H12Cl2O4/c1-3-6-13-9(11,15-8(2)10)14-7-4-5-12/h3,8,12H,1,5-6H2,2H3. The normalized spacial score (nSPS) is 15.7. The highest BCUT2D eigenvalue weighted by atomic mass is 35.5. The molecule has 2 atom stereocenters. The SMILES string of the molecule is C=CCOC(Cl)(OC#CCO)OC(C)Cl. The van der Waals surface area contributed by atoms with E-state index in [4.69, 9.17) is 42.5 Å². The second-order valence-electron chi connectivity index (χ2n) is 2.28. The second-order valence-corrected chi connectivity index (χ2v) is 3.36. The van der Waals surface area contributed by atoms with E-state index in [1.165, 1.54) is 6.08 Å². The maximum Gasteiger partial charge on any atom is 0.425 e.